The van der Waals surface area contributed by atoms with Crippen molar-refractivity contribution < 1.29 is 0 Å². The Hall–Kier alpha value is -5.41. The lowest BCUT2D eigenvalue weighted by Gasteiger charge is -2.10. The second-order valence-corrected chi connectivity index (χ2v) is 10.5. The van der Waals surface area contributed by atoms with E-state index in [9.17, 15) is 0 Å². The summed E-state index contributed by atoms with van der Waals surface area (Å²) in [6, 6.07) is 48.1. The van der Waals surface area contributed by atoms with Gasteiger partial charge < -0.3 is 4.57 Å². The molecule has 9 rings (SSSR count). The zero-order chi connectivity index (χ0) is 26.2. The minimum atomic E-state index is 0.975. The number of para-hydroxylation sites is 1. The smallest absolute Gasteiger partial charge is 0.145 e. The first kappa shape index (κ1) is 21.5. The van der Waals surface area contributed by atoms with Gasteiger partial charge >= 0.3 is 0 Å². The zero-order valence-corrected chi connectivity index (χ0v) is 21.6. The van der Waals surface area contributed by atoms with Crippen molar-refractivity contribution in [2.24, 2.45) is 0 Å². The normalized spacial score (nSPS) is 12.0. The van der Waals surface area contributed by atoms with Crippen molar-refractivity contribution in [3.05, 3.63) is 140 Å². The lowest BCUT2D eigenvalue weighted by atomic mass is 10.1. The highest BCUT2D eigenvalue weighted by molar-refractivity contribution is 6.28. The average molecular weight is 510 g/mol. The van der Waals surface area contributed by atoms with Gasteiger partial charge in [0.2, 0.25) is 0 Å². The summed E-state index contributed by atoms with van der Waals surface area (Å²) < 4.78 is 4.73. The summed E-state index contributed by atoms with van der Waals surface area (Å²) in [4.78, 5) is 4.92. The van der Waals surface area contributed by atoms with Crippen molar-refractivity contribution >= 4 is 65.3 Å². The van der Waals surface area contributed by atoms with E-state index in [0.29, 0.717) is 0 Å². The van der Waals surface area contributed by atoms with Crippen LogP contribution in [-0.2, 0) is 0 Å². The van der Waals surface area contributed by atoms with Crippen LogP contribution in [-0.4, -0.2) is 14.1 Å². The summed E-state index contributed by atoms with van der Waals surface area (Å²) in [7, 11) is 0. The van der Waals surface area contributed by atoms with Crippen LogP contribution in [0.2, 0.25) is 0 Å². The van der Waals surface area contributed by atoms with Crippen LogP contribution in [0.25, 0.3) is 76.7 Å². The molecule has 0 fully saturated rings. The van der Waals surface area contributed by atoms with Gasteiger partial charge in [-0.3, -0.25) is 4.57 Å². The van der Waals surface area contributed by atoms with Gasteiger partial charge in [0.15, 0.2) is 0 Å². The monoisotopic (exact) mass is 509 g/mol. The van der Waals surface area contributed by atoms with Crippen molar-refractivity contribution in [3.8, 4) is 11.4 Å². The summed E-state index contributed by atoms with van der Waals surface area (Å²) in [5.41, 5.74) is 6.83. The predicted octanol–water partition coefficient (Wildman–Crippen LogP) is 9.58. The topological polar surface area (TPSA) is 22.8 Å². The Labute approximate surface area is 230 Å². The molecule has 9 aromatic rings. The van der Waals surface area contributed by atoms with Crippen molar-refractivity contribution in [1.29, 1.82) is 0 Å². The maximum atomic E-state index is 4.92. The molecule has 0 saturated carbocycles. The molecule has 0 saturated heterocycles. The highest BCUT2D eigenvalue weighted by Gasteiger charge is 2.21. The van der Waals surface area contributed by atoms with Gasteiger partial charge in [-0.05, 0) is 76.1 Å². The summed E-state index contributed by atoms with van der Waals surface area (Å²) in [6.07, 6.45) is 1.90. The van der Waals surface area contributed by atoms with Gasteiger partial charge in [0.1, 0.15) is 5.65 Å². The first-order valence-electron chi connectivity index (χ1n) is 13.6. The quantitative estimate of drug-likeness (QED) is 0.227. The number of nitrogens with zero attached hydrogens (tertiary/aromatic N) is 3. The number of aromatic nitrogens is 3. The maximum absolute atomic E-state index is 4.92. The van der Waals surface area contributed by atoms with E-state index < -0.39 is 0 Å². The van der Waals surface area contributed by atoms with Gasteiger partial charge in [-0.2, -0.15) is 0 Å². The fourth-order valence-electron chi connectivity index (χ4n) is 6.56. The second-order valence-electron chi connectivity index (χ2n) is 10.5. The Morgan fingerprint density at radius 1 is 0.400 bits per heavy atom. The van der Waals surface area contributed by atoms with Crippen LogP contribution in [0.1, 0.15) is 0 Å². The molecule has 3 aromatic heterocycles. The third-order valence-corrected chi connectivity index (χ3v) is 8.31. The Morgan fingerprint density at radius 3 is 1.68 bits per heavy atom. The third-order valence-electron chi connectivity index (χ3n) is 8.31. The molecule has 0 N–H and O–H groups in total. The van der Waals surface area contributed by atoms with Crippen molar-refractivity contribution in [1.82, 2.24) is 14.1 Å². The van der Waals surface area contributed by atoms with Crippen LogP contribution in [0.15, 0.2) is 140 Å². The summed E-state index contributed by atoms with van der Waals surface area (Å²) in [5.74, 6) is 0. The van der Waals surface area contributed by atoms with E-state index >= 15 is 0 Å². The molecule has 0 radical (unpaired) electrons. The minimum absolute atomic E-state index is 0.975. The summed E-state index contributed by atoms with van der Waals surface area (Å²) >= 11 is 0. The Kier molecular flexibility index (Phi) is 4.33. The molecule has 0 aliphatic heterocycles. The van der Waals surface area contributed by atoms with Crippen LogP contribution in [0.4, 0.5) is 0 Å². The van der Waals surface area contributed by atoms with Crippen molar-refractivity contribution in [2.45, 2.75) is 0 Å². The molecule has 0 unspecified atom stereocenters. The number of hydrogen-bond donors (Lipinski definition) is 0. The fourth-order valence-corrected chi connectivity index (χ4v) is 6.56. The first-order chi connectivity index (χ1) is 19.8. The highest BCUT2D eigenvalue weighted by Crippen LogP contribution is 2.42. The number of pyridine rings is 1. The van der Waals surface area contributed by atoms with Crippen LogP contribution in [0.5, 0.6) is 0 Å². The van der Waals surface area contributed by atoms with Crippen molar-refractivity contribution in [2.75, 3.05) is 0 Å². The Morgan fingerprint density at radius 2 is 0.950 bits per heavy atom. The van der Waals surface area contributed by atoms with Gasteiger partial charge in [0.05, 0.1) is 16.6 Å². The largest absolute Gasteiger partial charge is 0.309 e. The van der Waals surface area contributed by atoms with Gasteiger partial charge in [-0.1, -0.05) is 78.9 Å². The van der Waals surface area contributed by atoms with E-state index in [1.807, 2.05) is 12.3 Å². The minimum Gasteiger partial charge on any atom is -0.309 e. The van der Waals surface area contributed by atoms with Crippen LogP contribution in [0, 0.1) is 0 Å². The molecule has 6 aromatic carbocycles. The first-order valence-corrected chi connectivity index (χ1v) is 13.6. The Balaban J connectivity index is 1.43. The lowest BCUT2D eigenvalue weighted by molar-refractivity contribution is 1.14. The van der Waals surface area contributed by atoms with E-state index in [2.05, 4.69) is 137 Å². The standard InChI is InChI=1S/C37H23N3/c1-3-10-26-22-28(17-15-24(26)8-1)39-32-14-6-5-12-30(32)35-33(39)19-20-34-36(35)31-13-7-21-38-37(31)40(34)29-18-16-25-9-2-4-11-27(25)23-29/h1-23H. The lowest BCUT2D eigenvalue weighted by Crippen LogP contribution is -1.96. The van der Waals surface area contributed by atoms with Crippen LogP contribution >= 0.6 is 0 Å². The molecule has 0 spiro atoms. The van der Waals surface area contributed by atoms with Gasteiger partial charge in [0, 0.05) is 39.1 Å². The highest BCUT2D eigenvalue weighted by atomic mass is 15.0. The molecular weight excluding hydrogens is 486 g/mol. The molecule has 0 aliphatic rings. The fraction of sp³-hybridized carbons (Fsp3) is 0. The van der Waals surface area contributed by atoms with E-state index in [1.54, 1.807) is 0 Å². The summed E-state index contributed by atoms with van der Waals surface area (Å²) in [5, 5.41) is 9.86. The third kappa shape index (κ3) is 2.92. The zero-order valence-electron chi connectivity index (χ0n) is 21.6. The second kappa shape index (κ2) is 8.05. The molecule has 40 heavy (non-hydrogen) atoms. The van der Waals surface area contributed by atoms with E-state index in [0.717, 1.165) is 22.2 Å². The molecule has 0 bridgehead atoms. The van der Waals surface area contributed by atoms with Gasteiger partial charge in [-0.25, -0.2) is 4.98 Å². The molecule has 0 atom stereocenters. The van der Waals surface area contributed by atoms with Crippen molar-refractivity contribution in [3.63, 3.8) is 0 Å². The number of fused-ring (bicyclic) bond motifs is 9. The van der Waals surface area contributed by atoms with E-state index in [4.69, 9.17) is 4.98 Å². The molecule has 3 nitrogen and oxygen atoms in total. The summed E-state index contributed by atoms with van der Waals surface area (Å²) in [6.45, 7) is 0. The molecule has 0 aliphatic carbocycles. The molecule has 0 amide bonds. The van der Waals surface area contributed by atoms with E-state index in [1.165, 1.54) is 54.4 Å². The number of rotatable bonds is 2. The average Bonchev–Trinajstić information content (AvgIpc) is 3.53. The molecule has 3 heterocycles. The van der Waals surface area contributed by atoms with E-state index in [-0.39, 0.29) is 0 Å². The maximum Gasteiger partial charge on any atom is 0.145 e. The van der Waals surface area contributed by atoms with Crippen LogP contribution < -0.4 is 0 Å². The van der Waals surface area contributed by atoms with Gasteiger partial charge in [-0.15, -0.1) is 0 Å². The number of benzene rings is 6. The predicted molar refractivity (Wildman–Crippen MR) is 168 cm³/mol. The molecule has 186 valence electrons. The number of hydrogen-bond acceptors (Lipinski definition) is 1. The van der Waals surface area contributed by atoms with Crippen LogP contribution in [0.3, 0.4) is 0 Å². The van der Waals surface area contributed by atoms with Gasteiger partial charge in [0.25, 0.3) is 0 Å². The Bertz CT molecular complexity index is 2270. The molecular formula is C37H23N3. The SMILES string of the molecule is c1ccc2cc(-n3c4ccccc4c4c5c6cccnc6n(-c6ccc7ccccc7c6)c5ccc43)ccc2c1. The molecule has 3 heteroatoms.